The first-order chi connectivity index (χ1) is 40.4. The van der Waals surface area contributed by atoms with Crippen LogP contribution in [-0.4, -0.2) is 192 Å². The summed E-state index contributed by atoms with van der Waals surface area (Å²) in [4.78, 5) is 112. The van der Waals surface area contributed by atoms with E-state index in [1.807, 2.05) is 46.4 Å². The Kier molecular flexibility index (Phi) is 35.3. The Morgan fingerprint density at radius 2 is 0.706 bits per heavy atom. The van der Waals surface area contributed by atoms with Crippen LogP contribution in [0.3, 0.4) is 0 Å². The van der Waals surface area contributed by atoms with E-state index in [1.54, 1.807) is 0 Å². The number of unbranched alkanes of at least 4 members (excludes halogenated alkanes) is 3. The lowest BCUT2D eigenvalue weighted by Gasteiger charge is -2.44. The van der Waals surface area contributed by atoms with E-state index in [0.29, 0.717) is 110 Å². The van der Waals surface area contributed by atoms with Crippen molar-refractivity contribution < 1.29 is 85.8 Å². The molecule has 0 aromatic rings. The highest BCUT2D eigenvalue weighted by Gasteiger charge is 2.45. The van der Waals surface area contributed by atoms with Crippen molar-refractivity contribution in [2.24, 2.45) is 35.5 Å². The third-order valence-electron chi connectivity index (χ3n) is 16.4. The molecule has 3 saturated heterocycles. The van der Waals surface area contributed by atoms with Crippen LogP contribution in [0.25, 0.3) is 0 Å². The van der Waals surface area contributed by atoms with Gasteiger partial charge in [-0.15, -0.1) is 0 Å². The fraction of sp³-hybridized carbons (Fsp3) is 0.850. The maximum atomic E-state index is 13.8. The van der Waals surface area contributed by atoms with Crippen LogP contribution in [0, 0.1) is 35.5 Å². The molecule has 3 aliphatic rings. The Balaban J connectivity index is 1.44. The fourth-order valence-electron chi connectivity index (χ4n) is 10.7. The molecule has 6 amide bonds. The highest BCUT2D eigenvalue weighted by Crippen LogP contribution is 2.34. The topological polar surface area (TPSA) is 312 Å². The van der Waals surface area contributed by atoms with Crippen molar-refractivity contribution >= 4 is 53.4 Å². The Morgan fingerprint density at radius 3 is 1.05 bits per heavy atom. The number of ether oxygens (including phenoxy) is 9. The summed E-state index contributed by atoms with van der Waals surface area (Å²) in [6.45, 7) is 24.5. The monoisotopic (exact) mass is 1210 g/mol. The van der Waals surface area contributed by atoms with E-state index < -0.39 is 61.1 Å². The number of hydrogen-bond donors (Lipinski definition) is 6. The molecule has 6 N–H and O–H groups in total. The molecule has 25 nitrogen and oxygen atoms in total. The summed E-state index contributed by atoms with van der Waals surface area (Å²) < 4.78 is 52.6. The molecular formula is C60H105N7O18. The minimum atomic E-state index is -0.769. The van der Waals surface area contributed by atoms with Crippen molar-refractivity contribution in [2.45, 2.75) is 215 Å². The molecule has 85 heavy (non-hydrogen) atoms. The Bertz CT molecular complexity index is 2070. The number of carbonyl (C=O) groups is 9. The second-order valence-electron chi connectivity index (χ2n) is 23.2. The van der Waals surface area contributed by atoms with Gasteiger partial charge in [0.05, 0.1) is 36.4 Å². The van der Waals surface area contributed by atoms with E-state index in [9.17, 15) is 43.2 Å². The maximum absolute atomic E-state index is 13.8. The van der Waals surface area contributed by atoms with Crippen LogP contribution in [0.1, 0.15) is 160 Å². The number of hydrogen-bond acceptors (Lipinski definition) is 19. The van der Waals surface area contributed by atoms with Crippen molar-refractivity contribution in [3.63, 3.8) is 0 Å². The first-order valence-electron chi connectivity index (χ1n) is 30.9. The van der Waals surface area contributed by atoms with E-state index in [0.717, 1.165) is 0 Å². The average molecular weight is 1210 g/mol. The summed E-state index contributed by atoms with van der Waals surface area (Å²) >= 11 is 0. The van der Waals surface area contributed by atoms with E-state index in [4.69, 9.17) is 42.6 Å². The number of carbonyl (C=O) groups excluding carboxylic acids is 9. The van der Waals surface area contributed by atoms with Gasteiger partial charge in [-0.25, -0.2) is 0 Å². The molecule has 3 fully saturated rings. The molecule has 25 heteroatoms. The predicted octanol–water partition coefficient (Wildman–Crippen LogP) is 3.56. The molecule has 0 spiro atoms. The number of esters is 3. The minimum absolute atomic E-state index is 0.000432. The molecule has 3 aliphatic heterocycles. The first-order valence-corrected chi connectivity index (χ1v) is 30.9. The standard InChI is InChI=1S/C60H105N7O18/c1-37-40(4)55(64-43(7)68)58(83-49(37)34-80-46(10)71)77-31-16-13-22-52(74)62-27-19-25-61-26-20-29-67(54(76)24-15-18-33-79-60-57(66-45(9)70)42(6)39(3)51(85-60)36-82-48(12)73)30-21-28-63-53(75)23-14-17-32-78-59-56(65-44(8)69)41(5)38(2)50(84-59)35-81-47(11)72/h37-42,49-51,55-61H,13-36H2,1-12H3,(H,62,74)(H,63,75)(H,64,68)(H,65,69)(H,66,70). The summed E-state index contributed by atoms with van der Waals surface area (Å²) in [6.07, 6.45) is 2.73. The number of nitrogens with zero attached hydrogens (tertiary/aromatic N) is 1. The molecular weight excluding hydrogens is 1110 g/mol. The van der Waals surface area contributed by atoms with Crippen LogP contribution in [-0.2, 0) is 85.8 Å². The summed E-state index contributed by atoms with van der Waals surface area (Å²) in [5.74, 6) is -2.16. The molecule has 0 saturated carbocycles. The van der Waals surface area contributed by atoms with E-state index >= 15 is 0 Å². The summed E-state index contributed by atoms with van der Waals surface area (Å²) in [5.41, 5.74) is 0. The van der Waals surface area contributed by atoms with Gasteiger partial charge in [0, 0.05) is 107 Å². The number of nitrogens with one attached hydrogen (secondary N) is 6. The van der Waals surface area contributed by atoms with E-state index in [-0.39, 0.29) is 129 Å². The van der Waals surface area contributed by atoms with Crippen molar-refractivity contribution in [1.29, 1.82) is 0 Å². The normalized spacial score (nSPS) is 27.4. The lowest BCUT2D eigenvalue weighted by Crippen LogP contribution is -2.58. The summed E-state index contributed by atoms with van der Waals surface area (Å²) in [7, 11) is 0. The van der Waals surface area contributed by atoms with Gasteiger partial charge in [0.1, 0.15) is 19.8 Å². The van der Waals surface area contributed by atoms with E-state index in [1.165, 1.54) is 41.5 Å². The molecule has 0 radical (unpaired) electrons. The van der Waals surface area contributed by atoms with Crippen molar-refractivity contribution in [2.75, 3.05) is 78.9 Å². The third-order valence-corrected chi connectivity index (χ3v) is 16.4. The Hall–Kier alpha value is -5.05. The van der Waals surface area contributed by atoms with E-state index in [2.05, 4.69) is 31.9 Å². The molecule has 0 aliphatic carbocycles. The number of rotatable bonds is 39. The summed E-state index contributed by atoms with van der Waals surface area (Å²) in [5, 5.41) is 18.2. The molecule has 15 unspecified atom stereocenters. The second kappa shape index (κ2) is 40.4. The molecule has 488 valence electrons. The predicted molar refractivity (Wildman–Crippen MR) is 312 cm³/mol. The largest absolute Gasteiger partial charge is 0.463 e. The van der Waals surface area contributed by atoms with Gasteiger partial charge < -0.3 is 79.4 Å². The zero-order chi connectivity index (χ0) is 63.0. The SMILES string of the molecule is CC(=O)NC1C(OCCCCC(=O)NCCCNCCCN(CCCNC(=O)CCCCOC2OC(COC(C)=O)C(C)C(C)C2NC(C)=O)C(=O)CCCCOC2OC(COC(C)=O)C(C)C(C)C2NC(C)=O)OC(COC(C)=O)C(C)C1C. The van der Waals surface area contributed by atoms with Crippen LogP contribution in [0.2, 0.25) is 0 Å². The zero-order valence-electron chi connectivity index (χ0n) is 52.9. The van der Waals surface area contributed by atoms with Crippen molar-refractivity contribution in [3.05, 3.63) is 0 Å². The smallest absolute Gasteiger partial charge is 0.302 e. The van der Waals surface area contributed by atoms with Gasteiger partial charge in [0.25, 0.3) is 0 Å². The lowest BCUT2D eigenvalue weighted by molar-refractivity contribution is -0.244. The van der Waals surface area contributed by atoms with Crippen molar-refractivity contribution in [1.82, 2.24) is 36.8 Å². The first kappa shape index (κ1) is 74.2. The minimum Gasteiger partial charge on any atom is -0.463 e. The maximum Gasteiger partial charge on any atom is 0.302 e. The Morgan fingerprint density at radius 1 is 0.388 bits per heavy atom. The van der Waals surface area contributed by atoms with Crippen LogP contribution < -0.4 is 31.9 Å². The zero-order valence-corrected chi connectivity index (χ0v) is 52.9. The van der Waals surface area contributed by atoms with Gasteiger partial charge >= 0.3 is 17.9 Å². The quantitative estimate of drug-likeness (QED) is 0.0291. The van der Waals surface area contributed by atoms with Crippen LogP contribution in [0.5, 0.6) is 0 Å². The molecule has 0 bridgehead atoms. The van der Waals surface area contributed by atoms with Gasteiger partial charge in [-0.1, -0.05) is 41.5 Å². The summed E-state index contributed by atoms with van der Waals surface area (Å²) in [6, 6.07) is -1.20. The third kappa shape index (κ3) is 28.6. The van der Waals surface area contributed by atoms with Gasteiger partial charge in [-0.05, 0) is 106 Å². The van der Waals surface area contributed by atoms with Gasteiger partial charge in [-0.3, -0.25) is 43.2 Å². The molecule has 15 atom stereocenters. The number of amides is 6. The molecule has 3 rings (SSSR count). The van der Waals surface area contributed by atoms with Crippen LogP contribution >= 0.6 is 0 Å². The van der Waals surface area contributed by atoms with Gasteiger partial charge in [0.15, 0.2) is 18.9 Å². The van der Waals surface area contributed by atoms with Crippen LogP contribution in [0.15, 0.2) is 0 Å². The van der Waals surface area contributed by atoms with Crippen LogP contribution in [0.4, 0.5) is 0 Å². The molecule has 3 heterocycles. The lowest BCUT2D eigenvalue weighted by atomic mass is 9.82. The average Bonchev–Trinajstić information content (AvgIpc) is 3.54. The molecule has 0 aromatic carbocycles. The van der Waals surface area contributed by atoms with Crippen molar-refractivity contribution in [3.8, 4) is 0 Å². The van der Waals surface area contributed by atoms with Gasteiger partial charge in [-0.2, -0.15) is 0 Å². The van der Waals surface area contributed by atoms with Gasteiger partial charge in [0.2, 0.25) is 35.4 Å². The fourth-order valence-corrected chi connectivity index (χ4v) is 10.7. The molecule has 0 aromatic heterocycles. The second-order valence-corrected chi connectivity index (χ2v) is 23.2. The Labute approximate surface area is 504 Å². The highest BCUT2D eigenvalue weighted by molar-refractivity contribution is 5.77. The highest BCUT2D eigenvalue weighted by atomic mass is 16.7.